The van der Waals surface area contributed by atoms with Crippen LogP contribution in [0.1, 0.15) is 103 Å². The molecule has 1 fully saturated rings. The molecule has 0 radical (unpaired) electrons. The Morgan fingerprint density at radius 3 is 1.81 bits per heavy atom. The summed E-state index contributed by atoms with van der Waals surface area (Å²) in [6.45, 7) is 10.3. The molecule has 6 atom stereocenters. The van der Waals surface area contributed by atoms with E-state index in [9.17, 15) is 63.4 Å². The first-order chi connectivity index (χ1) is 29.0. The van der Waals surface area contributed by atoms with E-state index < -0.39 is 134 Å². The lowest BCUT2D eigenvalue weighted by Gasteiger charge is -2.34. The molecule has 1 aromatic carbocycles. The number of rotatable bonds is 26. The Morgan fingerprint density at radius 2 is 1.26 bits per heavy atom. The van der Waals surface area contributed by atoms with Crippen molar-refractivity contribution >= 4 is 60.5 Å². The van der Waals surface area contributed by atoms with Crippen LogP contribution < -0.4 is 31.9 Å². The molecule has 1 aromatic rings. The van der Waals surface area contributed by atoms with Crippen molar-refractivity contribution in [3.63, 3.8) is 0 Å². The predicted molar refractivity (Wildman–Crippen MR) is 223 cm³/mol. The second-order valence-electron chi connectivity index (χ2n) is 16.6. The molecule has 21 heteroatoms. The minimum atomic E-state index is -1.92. The molecule has 62 heavy (non-hydrogen) atoms. The zero-order valence-corrected chi connectivity index (χ0v) is 35.6. The lowest BCUT2D eigenvalue weighted by Crippen LogP contribution is -2.62. The van der Waals surface area contributed by atoms with E-state index in [1.807, 2.05) is 0 Å². The first-order valence-corrected chi connectivity index (χ1v) is 20.5. The zero-order chi connectivity index (χ0) is 46.7. The van der Waals surface area contributed by atoms with Crippen LogP contribution in [0.5, 0.6) is 0 Å². The van der Waals surface area contributed by atoms with Crippen LogP contribution in [0.3, 0.4) is 0 Å². The minimum Gasteiger partial charge on any atom is -0.481 e. The number of carbonyl (C=O) groups excluding carboxylic acids is 6. The first-order valence-electron chi connectivity index (χ1n) is 20.5. The van der Waals surface area contributed by atoms with Gasteiger partial charge in [-0.3, -0.25) is 43.2 Å². The molecule has 1 saturated carbocycles. The highest BCUT2D eigenvalue weighted by Gasteiger charge is 2.39. The van der Waals surface area contributed by atoms with Gasteiger partial charge in [0.1, 0.15) is 30.2 Å². The van der Waals surface area contributed by atoms with Crippen molar-refractivity contribution in [2.45, 2.75) is 141 Å². The Hall–Kier alpha value is -5.83. The minimum absolute atomic E-state index is 0.0249. The summed E-state index contributed by atoms with van der Waals surface area (Å²) in [5.74, 6) is -10.8. The van der Waals surface area contributed by atoms with Crippen LogP contribution in [0.25, 0.3) is 0 Å². The second kappa shape index (κ2) is 25.2. The van der Waals surface area contributed by atoms with Gasteiger partial charge in [-0.05, 0) is 48.6 Å². The smallest absolute Gasteiger partial charge is 0.475 e. The number of benzene rings is 1. The van der Waals surface area contributed by atoms with Crippen LogP contribution in [0.4, 0.5) is 0 Å². The van der Waals surface area contributed by atoms with Crippen LogP contribution in [0.2, 0.25) is 0 Å². The lowest BCUT2D eigenvalue weighted by atomic mass is 9.77. The van der Waals surface area contributed by atoms with Gasteiger partial charge in [-0.25, -0.2) is 0 Å². The summed E-state index contributed by atoms with van der Waals surface area (Å²) in [7, 11) is -1.92. The summed E-state index contributed by atoms with van der Waals surface area (Å²) < 4.78 is 0. The molecular weight excluding hydrogens is 811 g/mol. The predicted octanol–water partition coefficient (Wildman–Crippen LogP) is -0.135. The van der Waals surface area contributed by atoms with Gasteiger partial charge in [-0.15, -0.1) is 6.58 Å². The molecule has 0 saturated heterocycles. The molecule has 0 heterocycles. The van der Waals surface area contributed by atoms with E-state index in [4.69, 9.17) is 5.11 Å². The van der Waals surface area contributed by atoms with E-state index in [0.29, 0.717) is 5.56 Å². The maximum atomic E-state index is 14.3. The van der Waals surface area contributed by atoms with Crippen molar-refractivity contribution in [1.82, 2.24) is 31.9 Å². The van der Waals surface area contributed by atoms with E-state index >= 15 is 0 Å². The summed E-state index contributed by atoms with van der Waals surface area (Å²) in [6, 6.07) is -0.546. The van der Waals surface area contributed by atoms with Crippen molar-refractivity contribution in [2.24, 2.45) is 11.3 Å². The zero-order valence-electron chi connectivity index (χ0n) is 35.6. The monoisotopic (exact) mass is 872 g/mol. The number of hydrogen-bond acceptors (Lipinski definition) is 11. The van der Waals surface area contributed by atoms with E-state index in [1.54, 1.807) is 52.0 Å². The Bertz CT molecular complexity index is 1780. The summed E-state index contributed by atoms with van der Waals surface area (Å²) in [5.41, 5.74) is 0.304. The van der Waals surface area contributed by atoms with E-state index in [0.717, 1.165) is 31.2 Å². The summed E-state index contributed by atoms with van der Waals surface area (Å²) >= 11 is 0. The van der Waals surface area contributed by atoms with Crippen LogP contribution in [-0.4, -0.2) is 122 Å². The van der Waals surface area contributed by atoms with Crippen molar-refractivity contribution < 1.29 is 68.5 Å². The van der Waals surface area contributed by atoms with Gasteiger partial charge in [0.2, 0.25) is 35.4 Å². The first kappa shape index (κ1) is 52.3. The third-order valence-corrected chi connectivity index (χ3v) is 10.4. The molecule has 20 nitrogen and oxygen atoms in total. The summed E-state index contributed by atoms with van der Waals surface area (Å²) in [6.07, 6.45) is 1.58. The Balaban J connectivity index is 2.48. The topological polar surface area (TPSA) is 327 Å². The van der Waals surface area contributed by atoms with E-state index in [2.05, 4.69) is 38.5 Å². The van der Waals surface area contributed by atoms with E-state index in [1.165, 1.54) is 6.08 Å². The lowest BCUT2D eigenvalue weighted by molar-refractivity contribution is -0.142. The van der Waals surface area contributed by atoms with Crippen molar-refractivity contribution in [2.75, 3.05) is 0 Å². The van der Waals surface area contributed by atoms with Crippen LogP contribution in [0, 0.1) is 18.3 Å². The molecule has 1 aliphatic carbocycles. The van der Waals surface area contributed by atoms with Gasteiger partial charge in [0.15, 0.2) is 0 Å². The Labute approximate surface area is 360 Å². The van der Waals surface area contributed by atoms with Crippen LogP contribution >= 0.6 is 0 Å². The largest absolute Gasteiger partial charge is 0.481 e. The van der Waals surface area contributed by atoms with Gasteiger partial charge in [0.25, 0.3) is 0 Å². The SMILES string of the molecule is C=CCC(NC(=O)[C@H](CC1CCCC1)NC(=O)[C@@H](NC(=O)[C@H](Cc1ccccc1C)NC(=O)[C@H](CCC(=O)O)NC(=O)[C@H](CC(=O)O)NC(=O)CCC(=O)O)C(C)(C)C)B(O)O. The van der Waals surface area contributed by atoms with Gasteiger partial charge < -0.3 is 57.3 Å². The number of amides is 6. The molecule has 1 unspecified atom stereocenters. The van der Waals surface area contributed by atoms with Crippen molar-refractivity contribution in [1.29, 1.82) is 0 Å². The maximum Gasteiger partial charge on any atom is 0.475 e. The fraction of sp³-hybridized carbons (Fsp3) is 0.585. The molecule has 0 spiro atoms. The highest BCUT2D eigenvalue weighted by atomic mass is 16.4. The van der Waals surface area contributed by atoms with Crippen LogP contribution in [-0.2, 0) is 49.6 Å². The molecule has 0 bridgehead atoms. The second-order valence-corrected chi connectivity index (χ2v) is 16.6. The number of carbonyl (C=O) groups is 9. The van der Waals surface area contributed by atoms with E-state index in [-0.39, 0.29) is 25.2 Å². The van der Waals surface area contributed by atoms with Gasteiger partial charge in [0.05, 0.1) is 18.8 Å². The fourth-order valence-corrected chi connectivity index (χ4v) is 6.92. The highest BCUT2D eigenvalue weighted by molar-refractivity contribution is 6.43. The maximum absolute atomic E-state index is 14.3. The molecular formula is C41H61BN6O14. The number of aliphatic carboxylic acids is 3. The van der Waals surface area contributed by atoms with Gasteiger partial charge in [-0.2, -0.15) is 0 Å². The molecule has 6 amide bonds. The van der Waals surface area contributed by atoms with Crippen molar-refractivity contribution in [3.8, 4) is 0 Å². The fourth-order valence-electron chi connectivity index (χ4n) is 6.92. The quantitative estimate of drug-likeness (QED) is 0.0427. The van der Waals surface area contributed by atoms with Crippen molar-refractivity contribution in [3.05, 3.63) is 48.0 Å². The third kappa shape index (κ3) is 18.4. The normalized spacial score (nSPS) is 15.6. The molecule has 2 rings (SSSR count). The molecule has 0 aliphatic heterocycles. The number of hydrogen-bond donors (Lipinski definition) is 11. The standard InChI is InChI=1S/C41H61BN6O14/c1-6-11-30(42(61)62)47-38(58)27(20-24-13-8-9-14-24)46-40(60)35(41(3,4)5)48-39(59)28(21-25-15-10-7-12-23(25)2)45-36(56)26(16-18-32(50)51)44-37(57)29(22-34(54)55)43-31(49)17-19-33(52)53/h6-7,10,12,15,24,26-30,35,61-62H,1,8-9,11,13-14,16-22H2,2-5H3,(H,43,49)(H,44,57)(H,45,56)(H,46,60)(H,47,58)(H,48,59)(H,50,51)(H,52,53)(H,54,55)/t26-,27-,28-,29-,30?,35+/m0/s1. The van der Waals surface area contributed by atoms with Gasteiger partial charge >= 0.3 is 25.0 Å². The number of carboxylic acids is 3. The Morgan fingerprint density at radius 1 is 0.710 bits per heavy atom. The average Bonchev–Trinajstić information content (AvgIpc) is 3.69. The summed E-state index contributed by atoms with van der Waals surface area (Å²) in [5, 5.41) is 62.4. The number of carboxylic acid groups (broad SMARTS) is 3. The number of nitrogens with one attached hydrogen (secondary N) is 6. The molecule has 1 aliphatic rings. The summed E-state index contributed by atoms with van der Waals surface area (Å²) in [4.78, 5) is 116. The van der Waals surface area contributed by atoms with Gasteiger partial charge in [0, 0.05) is 19.3 Å². The third-order valence-electron chi connectivity index (χ3n) is 10.4. The average molecular weight is 873 g/mol. The van der Waals surface area contributed by atoms with Gasteiger partial charge in [-0.1, -0.05) is 76.8 Å². The Kier molecular flexibility index (Phi) is 21.3. The number of aryl methyl sites for hydroxylation is 1. The molecule has 11 N–H and O–H groups in total. The highest BCUT2D eigenvalue weighted by Crippen LogP contribution is 2.29. The molecule has 0 aromatic heterocycles. The molecule has 342 valence electrons. The van der Waals surface area contributed by atoms with Crippen LogP contribution in [0.15, 0.2) is 36.9 Å².